The van der Waals surface area contributed by atoms with Crippen molar-refractivity contribution in [1.82, 2.24) is 4.83 Å². The number of carbonyl (C=O) groups excluding carboxylic acids is 1. The summed E-state index contributed by atoms with van der Waals surface area (Å²) in [5.41, 5.74) is 0. The standard InChI is InChI=1S/C5H12N2O4S/c1-11-5(8)3-2-4-12(9,10)7-6/h7H,2-4,6H2,1H3. The van der Waals surface area contributed by atoms with Gasteiger partial charge in [-0.25, -0.2) is 8.42 Å². The summed E-state index contributed by atoms with van der Waals surface area (Å²) in [7, 11) is -2.16. The number of methoxy groups -OCH3 is 1. The van der Waals surface area contributed by atoms with Crippen molar-refractivity contribution in [2.75, 3.05) is 12.9 Å². The van der Waals surface area contributed by atoms with Crippen molar-refractivity contribution in [2.45, 2.75) is 12.8 Å². The van der Waals surface area contributed by atoms with E-state index in [4.69, 9.17) is 5.84 Å². The van der Waals surface area contributed by atoms with Crippen LogP contribution in [0.25, 0.3) is 0 Å². The molecule has 0 fully saturated rings. The number of esters is 1. The topological polar surface area (TPSA) is 98.5 Å². The van der Waals surface area contributed by atoms with Crippen LogP contribution < -0.4 is 10.7 Å². The lowest BCUT2D eigenvalue weighted by Crippen LogP contribution is -2.32. The number of ether oxygens (including phenoxy) is 1. The first-order valence-electron chi connectivity index (χ1n) is 3.28. The van der Waals surface area contributed by atoms with Gasteiger partial charge in [0.25, 0.3) is 0 Å². The Kier molecular flexibility index (Phi) is 4.79. The van der Waals surface area contributed by atoms with Gasteiger partial charge in [-0.2, -0.15) is 4.83 Å². The minimum absolute atomic E-state index is 0.0808. The van der Waals surface area contributed by atoms with Crippen molar-refractivity contribution in [3.63, 3.8) is 0 Å². The quantitative estimate of drug-likeness (QED) is 0.324. The van der Waals surface area contributed by atoms with Crippen molar-refractivity contribution >= 4 is 16.0 Å². The minimum atomic E-state index is -3.40. The third-order valence-electron chi connectivity index (χ3n) is 1.20. The molecule has 0 aliphatic carbocycles. The van der Waals surface area contributed by atoms with E-state index in [2.05, 4.69) is 4.74 Å². The van der Waals surface area contributed by atoms with Crippen LogP contribution in [0.1, 0.15) is 12.8 Å². The van der Waals surface area contributed by atoms with Crippen LogP contribution in [-0.4, -0.2) is 27.2 Å². The maximum Gasteiger partial charge on any atom is 0.305 e. The van der Waals surface area contributed by atoms with Crippen molar-refractivity contribution in [1.29, 1.82) is 0 Å². The number of nitrogens with one attached hydrogen (secondary N) is 1. The van der Waals surface area contributed by atoms with E-state index in [-0.39, 0.29) is 18.6 Å². The smallest absolute Gasteiger partial charge is 0.305 e. The fourth-order valence-electron chi connectivity index (χ4n) is 0.568. The average Bonchev–Trinajstić information content (AvgIpc) is 2.04. The number of hydrazine groups is 1. The van der Waals surface area contributed by atoms with Gasteiger partial charge in [0, 0.05) is 6.42 Å². The highest BCUT2D eigenvalue weighted by molar-refractivity contribution is 7.89. The molecule has 0 spiro atoms. The van der Waals surface area contributed by atoms with Crippen molar-refractivity contribution < 1.29 is 17.9 Å². The third kappa shape index (κ3) is 5.05. The van der Waals surface area contributed by atoms with E-state index in [0.29, 0.717) is 0 Å². The second-order valence-electron chi connectivity index (χ2n) is 2.12. The number of sulfonamides is 1. The summed E-state index contributed by atoms with van der Waals surface area (Å²) in [5, 5.41) is 0. The third-order valence-corrected chi connectivity index (χ3v) is 2.39. The zero-order valence-electron chi connectivity index (χ0n) is 6.74. The molecule has 0 aliphatic heterocycles. The van der Waals surface area contributed by atoms with E-state index >= 15 is 0 Å². The maximum atomic E-state index is 10.7. The Balaban J connectivity index is 3.64. The van der Waals surface area contributed by atoms with Crippen LogP contribution >= 0.6 is 0 Å². The van der Waals surface area contributed by atoms with E-state index in [1.807, 2.05) is 0 Å². The first kappa shape index (κ1) is 11.3. The molecule has 3 N–H and O–H groups in total. The Hall–Kier alpha value is -0.660. The molecule has 0 heterocycles. The van der Waals surface area contributed by atoms with Crippen LogP contribution in [0.15, 0.2) is 0 Å². The molecule has 0 saturated heterocycles. The summed E-state index contributed by atoms with van der Waals surface area (Å²) >= 11 is 0. The van der Waals surface area contributed by atoms with Gasteiger partial charge in [-0.3, -0.25) is 10.6 Å². The Morgan fingerprint density at radius 1 is 1.58 bits per heavy atom. The fraction of sp³-hybridized carbons (Fsp3) is 0.800. The van der Waals surface area contributed by atoms with Crippen LogP contribution in [0.4, 0.5) is 0 Å². The predicted molar refractivity (Wildman–Crippen MR) is 42.4 cm³/mol. The molecule has 0 rings (SSSR count). The molecule has 0 saturated carbocycles. The van der Waals surface area contributed by atoms with Crippen molar-refractivity contribution in [3.8, 4) is 0 Å². The Bertz CT molecular complexity index is 236. The molecule has 0 aromatic heterocycles. The highest BCUT2D eigenvalue weighted by atomic mass is 32.2. The molecule has 7 heteroatoms. The second-order valence-corrected chi connectivity index (χ2v) is 3.99. The predicted octanol–water partition coefficient (Wildman–Crippen LogP) is -1.27. The normalized spacial score (nSPS) is 11.2. The summed E-state index contributed by atoms with van der Waals surface area (Å²) in [4.78, 5) is 12.2. The Morgan fingerprint density at radius 3 is 2.58 bits per heavy atom. The zero-order valence-corrected chi connectivity index (χ0v) is 7.56. The number of hydrogen-bond acceptors (Lipinski definition) is 5. The highest BCUT2D eigenvalue weighted by Gasteiger charge is 2.08. The van der Waals surface area contributed by atoms with Crippen LogP contribution in [0.3, 0.4) is 0 Å². The molecular formula is C5H12N2O4S. The summed E-state index contributed by atoms with van der Waals surface area (Å²) in [6, 6.07) is 0. The molecule has 0 aromatic rings. The van der Waals surface area contributed by atoms with Gasteiger partial charge >= 0.3 is 5.97 Å². The van der Waals surface area contributed by atoms with Gasteiger partial charge < -0.3 is 4.74 Å². The van der Waals surface area contributed by atoms with Crippen molar-refractivity contribution in [3.05, 3.63) is 0 Å². The molecule has 6 nitrogen and oxygen atoms in total. The van der Waals surface area contributed by atoms with Gasteiger partial charge in [-0.15, -0.1) is 0 Å². The molecular weight excluding hydrogens is 184 g/mol. The Labute approximate surface area is 71.1 Å². The highest BCUT2D eigenvalue weighted by Crippen LogP contribution is 1.94. The monoisotopic (exact) mass is 196 g/mol. The number of rotatable bonds is 5. The van der Waals surface area contributed by atoms with Gasteiger partial charge in [-0.1, -0.05) is 0 Å². The lowest BCUT2D eigenvalue weighted by molar-refractivity contribution is -0.140. The van der Waals surface area contributed by atoms with Crippen molar-refractivity contribution in [2.24, 2.45) is 5.84 Å². The summed E-state index contributed by atoms with van der Waals surface area (Å²) in [6.45, 7) is 0. The van der Waals surface area contributed by atoms with Crippen LogP contribution in [0.2, 0.25) is 0 Å². The molecule has 0 bridgehead atoms. The fourth-order valence-corrected chi connectivity index (χ4v) is 1.21. The first-order chi connectivity index (χ1) is 5.52. The van der Waals surface area contributed by atoms with Gasteiger partial charge in [0.05, 0.1) is 12.9 Å². The molecule has 12 heavy (non-hydrogen) atoms. The molecule has 0 aliphatic rings. The summed E-state index contributed by atoms with van der Waals surface area (Å²) in [5.74, 6) is 4.10. The molecule has 0 aromatic carbocycles. The molecule has 0 radical (unpaired) electrons. The second kappa shape index (κ2) is 5.07. The van der Waals surface area contributed by atoms with Gasteiger partial charge in [0.1, 0.15) is 0 Å². The van der Waals surface area contributed by atoms with Gasteiger partial charge in [0.15, 0.2) is 0 Å². The van der Waals surface area contributed by atoms with E-state index in [1.165, 1.54) is 7.11 Å². The Morgan fingerprint density at radius 2 is 2.17 bits per heavy atom. The number of carbonyl (C=O) groups is 1. The summed E-state index contributed by atoms with van der Waals surface area (Å²) < 4.78 is 25.7. The molecule has 72 valence electrons. The molecule has 0 amide bonds. The number of nitrogens with two attached hydrogens (primary N) is 1. The average molecular weight is 196 g/mol. The molecule has 0 unspecified atom stereocenters. The lowest BCUT2D eigenvalue weighted by Gasteiger charge is -2.00. The van der Waals surface area contributed by atoms with Crippen LogP contribution in [-0.2, 0) is 19.6 Å². The van der Waals surface area contributed by atoms with E-state index in [0.717, 1.165) is 0 Å². The van der Waals surface area contributed by atoms with Crippen LogP contribution in [0.5, 0.6) is 0 Å². The summed E-state index contributed by atoms with van der Waals surface area (Å²) in [6.07, 6.45) is 0.288. The zero-order chi connectivity index (χ0) is 9.61. The maximum absolute atomic E-state index is 10.7. The molecule has 0 atom stereocenters. The van der Waals surface area contributed by atoms with Gasteiger partial charge in [-0.05, 0) is 6.42 Å². The SMILES string of the molecule is COC(=O)CCCS(=O)(=O)NN. The lowest BCUT2D eigenvalue weighted by atomic mass is 10.3. The number of hydrogen-bond donors (Lipinski definition) is 2. The van der Waals surface area contributed by atoms with E-state index in [1.54, 1.807) is 4.83 Å². The van der Waals surface area contributed by atoms with Crippen LogP contribution in [0, 0.1) is 0 Å². The first-order valence-corrected chi connectivity index (χ1v) is 4.94. The minimum Gasteiger partial charge on any atom is -0.469 e. The van der Waals surface area contributed by atoms with E-state index in [9.17, 15) is 13.2 Å². The van der Waals surface area contributed by atoms with E-state index < -0.39 is 16.0 Å². The largest absolute Gasteiger partial charge is 0.469 e. The van der Waals surface area contributed by atoms with Gasteiger partial charge in [0.2, 0.25) is 10.0 Å².